The number of rotatable bonds is 3. The molecule has 0 radical (unpaired) electrons. The van der Waals surface area contributed by atoms with E-state index in [1.54, 1.807) is 6.92 Å². The molecule has 0 aliphatic rings. The Morgan fingerprint density at radius 2 is 2.09 bits per heavy atom. The van der Waals surface area contributed by atoms with Crippen LogP contribution < -0.4 is 0 Å². The zero-order chi connectivity index (χ0) is 9.28. The lowest BCUT2D eigenvalue weighted by molar-refractivity contribution is -0.185. The highest BCUT2D eigenvalue weighted by Gasteiger charge is 1.97. The molecule has 0 aliphatic heterocycles. The Morgan fingerprint density at radius 3 is 2.18 bits per heavy atom. The molecule has 0 fully saturated rings. The number of carboxylic acids is 1. The number of methoxy groups -OCH3 is 1. The van der Waals surface area contributed by atoms with Crippen molar-refractivity contribution in [2.45, 2.75) is 20.0 Å². The van der Waals surface area contributed by atoms with Gasteiger partial charge in [-0.05, 0) is 11.4 Å². The molecule has 1 atom stereocenters. The molecule has 0 spiro atoms. The summed E-state index contributed by atoms with van der Waals surface area (Å²) in [7, 11) is 1.50. The third-order valence-corrected chi connectivity index (χ3v) is 0.553. The van der Waals surface area contributed by atoms with Crippen LogP contribution in [0.25, 0.3) is 0 Å². The molecule has 0 heterocycles. The van der Waals surface area contributed by atoms with Crippen LogP contribution in [0.4, 0.5) is 4.53 Å². The smallest absolute Gasteiger partial charge is 0.300 e. The standard InChI is InChI=1S/C4H9FO2.C2H4O2/c1-4(7-5)3-6-2;1-2(3)4/h4H,3H2,1-2H3;1H3,(H,3,4). The molecule has 0 rings (SSSR count). The van der Waals surface area contributed by atoms with Gasteiger partial charge < -0.3 is 9.84 Å². The van der Waals surface area contributed by atoms with Gasteiger partial charge in [-0.15, -0.1) is 0 Å². The lowest BCUT2D eigenvalue weighted by Gasteiger charge is -2.00. The topological polar surface area (TPSA) is 55.8 Å². The van der Waals surface area contributed by atoms with Gasteiger partial charge in [-0.1, -0.05) is 0 Å². The maximum absolute atomic E-state index is 11.0. The second-order valence-corrected chi connectivity index (χ2v) is 1.87. The van der Waals surface area contributed by atoms with Crippen molar-refractivity contribution in [2.24, 2.45) is 0 Å². The Hall–Kier alpha value is -0.680. The molecule has 1 N–H and O–H groups in total. The van der Waals surface area contributed by atoms with Gasteiger partial charge in [0.25, 0.3) is 5.97 Å². The fourth-order valence-electron chi connectivity index (χ4n) is 0.260. The van der Waals surface area contributed by atoms with Crippen molar-refractivity contribution in [1.82, 2.24) is 0 Å². The summed E-state index contributed by atoms with van der Waals surface area (Å²) in [5.74, 6) is -0.833. The van der Waals surface area contributed by atoms with Crippen molar-refractivity contribution in [3.63, 3.8) is 0 Å². The fourth-order valence-corrected chi connectivity index (χ4v) is 0.260. The third kappa shape index (κ3) is 26.8. The van der Waals surface area contributed by atoms with Crippen LogP contribution in [0.5, 0.6) is 0 Å². The van der Waals surface area contributed by atoms with Crippen molar-refractivity contribution >= 4 is 5.97 Å². The van der Waals surface area contributed by atoms with Crippen molar-refractivity contribution < 1.29 is 24.1 Å². The minimum absolute atomic E-state index is 0.302. The van der Waals surface area contributed by atoms with Crippen LogP contribution in [-0.2, 0) is 14.5 Å². The maximum Gasteiger partial charge on any atom is 0.300 e. The van der Waals surface area contributed by atoms with Crippen LogP contribution in [0.2, 0.25) is 0 Å². The highest BCUT2D eigenvalue weighted by atomic mass is 19.3. The van der Waals surface area contributed by atoms with E-state index in [2.05, 4.69) is 9.68 Å². The van der Waals surface area contributed by atoms with Gasteiger partial charge in [0.1, 0.15) is 6.10 Å². The molecule has 0 bridgehead atoms. The summed E-state index contributed by atoms with van der Waals surface area (Å²) in [6.45, 7) is 2.97. The predicted octanol–water partition coefficient (Wildman–Crippen LogP) is 1.01. The van der Waals surface area contributed by atoms with Crippen molar-refractivity contribution in [3.05, 3.63) is 0 Å². The Bertz CT molecular complexity index is 92.6. The first kappa shape index (κ1) is 12.9. The van der Waals surface area contributed by atoms with E-state index in [1.165, 1.54) is 7.11 Å². The highest BCUT2D eigenvalue weighted by Crippen LogP contribution is 1.88. The summed E-state index contributed by atoms with van der Waals surface area (Å²) in [4.78, 5) is 12.4. The van der Waals surface area contributed by atoms with Gasteiger partial charge in [-0.25, -0.2) is 0 Å². The number of hydrogen-bond acceptors (Lipinski definition) is 3. The summed E-state index contributed by atoms with van der Waals surface area (Å²) in [6, 6.07) is 0. The minimum Gasteiger partial charge on any atom is -0.481 e. The van der Waals surface area contributed by atoms with Gasteiger partial charge in [-0.2, -0.15) is 4.94 Å². The highest BCUT2D eigenvalue weighted by molar-refractivity contribution is 5.62. The van der Waals surface area contributed by atoms with Crippen LogP contribution in [0, 0.1) is 0 Å². The Balaban J connectivity index is 0. The van der Waals surface area contributed by atoms with Gasteiger partial charge in [-0.3, -0.25) is 4.79 Å². The van der Waals surface area contributed by atoms with Crippen LogP contribution in [0.3, 0.4) is 0 Å². The molecule has 0 aromatic rings. The maximum atomic E-state index is 11.0. The average molecular weight is 168 g/mol. The van der Waals surface area contributed by atoms with Gasteiger partial charge in [0, 0.05) is 14.0 Å². The lowest BCUT2D eigenvalue weighted by atomic mass is 10.5. The molecule has 0 aliphatic carbocycles. The monoisotopic (exact) mass is 168 g/mol. The number of aliphatic carboxylic acids is 1. The lowest BCUT2D eigenvalue weighted by Crippen LogP contribution is -2.09. The van der Waals surface area contributed by atoms with E-state index in [-0.39, 0.29) is 0 Å². The first-order valence-electron chi connectivity index (χ1n) is 3.00. The van der Waals surface area contributed by atoms with E-state index < -0.39 is 12.1 Å². The van der Waals surface area contributed by atoms with Crippen LogP contribution in [0.1, 0.15) is 13.8 Å². The number of ether oxygens (including phenoxy) is 1. The second-order valence-electron chi connectivity index (χ2n) is 1.87. The molecular formula is C6H13FO4. The molecule has 0 amide bonds. The zero-order valence-electron chi connectivity index (χ0n) is 6.83. The van der Waals surface area contributed by atoms with Crippen molar-refractivity contribution in [2.75, 3.05) is 13.7 Å². The summed E-state index contributed by atoms with van der Waals surface area (Å²) in [5.41, 5.74) is 0. The molecule has 0 saturated carbocycles. The minimum atomic E-state index is -0.833. The molecule has 11 heavy (non-hydrogen) atoms. The van der Waals surface area contributed by atoms with Gasteiger partial charge in [0.2, 0.25) is 0 Å². The van der Waals surface area contributed by atoms with Crippen LogP contribution >= 0.6 is 0 Å². The fraction of sp³-hybridized carbons (Fsp3) is 0.833. The van der Waals surface area contributed by atoms with E-state index in [4.69, 9.17) is 9.90 Å². The molecule has 1 unspecified atom stereocenters. The van der Waals surface area contributed by atoms with E-state index in [9.17, 15) is 4.53 Å². The summed E-state index contributed by atoms with van der Waals surface area (Å²) in [5, 5.41) is 7.42. The molecular weight excluding hydrogens is 155 g/mol. The largest absolute Gasteiger partial charge is 0.481 e. The summed E-state index contributed by atoms with van der Waals surface area (Å²) < 4.78 is 15.5. The van der Waals surface area contributed by atoms with Crippen molar-refractivity contribution in [1.29, 1.82) is 0 Å². The average Bonchev–Trinajstić information content (AvgIpc) is 1.87. The van der Waals surface area contributed by atoms with Crippen LogP contribution in [0.15, 0.2) is 0 Å². The van der Waals surface area contributed by atoms with Gasteiger partial charge >= 0.3 is 0 Å². The molecule has 0 aromatic carbocycles. The molecule has 4 nitrogen and oxygen atoms in total. The van der Waals surface area contributed by atoms with E-state index in [1.807, 2.05) is 0 Å². The Labute approximate surface area is 64.8 Å². The van der Waals surface area contributed by atoms with E-state index in [0.29, 0.717) is 6.61 Å². The summed E-state index contributed by atoms with van der Waals surface area (Å²) >= 11 is 0. The Kier molecular flexibility index (Phi) is 11.0. The predicted molar refractivity (Wildman–Crippen MR) is 36.8 cm³/mol. The van der Waals surface area contributed by atoms with Gasteiger partial charge in [0.05, 0.1) is 6.61 Å². The number of carboxylic acid groups (broad SMARTS) is 1. The van der Waals surface area contributed by atoms with E-state index >= 15 is 0 Å². The molecule has 0 saturated heterocycles. The van der Waals surface area contributed by atoms with Crippen molar-refractivity contribution in [3.8, 4) is 0 Å². The molecule has 5 heteroatoms. The second kappa shape index (κ2) is 9.32. The summed E-state index contributed by atoms with van der Waals surface area (Å²) in [6.07, 6.45) is -0.440. The SMILES string of the molecule is CC(=O)O.COCC(C)OF. The Morgan fingerprint density at radius 1 is 1.73 bits per heavy atom. The number of halogens is 1. The number of carbonyl (C=O) groups is 1. The third-order valence-electron chi connectivity index (χ3n) is 0.553. The van der Waals surface area contributed by atoms with Crippen LogP contribution in [-0.4, -0.2) is 30.9 Å². The van der Waals surface area contributed by atoms with E-state index in [0.717, 1.165) is 6.92 Å². The molecule has 0 aromatic heterocycles. The first-order valence-corrected chi connectivity index (χ1v) is 3.00. The normalized spacial score (nSPS) is 11.3. The zero-order valence-corrected chi connectivity index (χ0v) is 6.83. The number of hydrogen-bond donors (Lipinski definition) is 1. The first-order chi connectivity index (χ1) is 5.04. The quantitative estimate of drug-likeness (QED) is 0.683. The van der Waals surface area contributed by atoms with Gasteiger partial charge in [0.15, 0.2) is 0 Å². The molecule has 68 valence electrons.